The molecule has 0 aliphatic heterocycles. The van der Waals surface area contributed by atoms with E-state index in [1.165, 1.54) is 11.3 Å². The minimum atomic E-state index is -0.299. The molecule has 130 valence electrons. The molecule has 0 radical (unpaired) electrons. The third-order valence-electron chi connectivity index (χ3n) is 3.80. The molecule has 0 fully saturated rings. The van der Waals surface area contributed by atoms with Crippen LogP contribution < -0.4 is 9.54 Å². The second kappa shape index (κ2) is 7.06. The number of hydrogen-bond donors (Lipinski definition) is 0. The monoisotopic (exact) mass is 356 g/mol. The Labute approximate surface area is 149 Å². The molecule has 0 spiro atoms. The van der Waals surface area contributed by atoms with Gasteiger partial charge in [0.1, 0.15) is 11.4 Å². The molecule has 0 unspecified atom stereocenters. The summed E-state index contributed by atoms with van der Waals surface area (Å²) in [6.07, 6.45) is 3.46. The van der Waals surface area contributed by atoms with Crippen LogP contribution in [0, 0.1) is 6.92 Å². The molecule has 0 bridgehead atoms. The van der Waals surface area contributed by atoms with Crippen LogP contribution in [0.3, 0.4) is 0 Å². The van der Waals surface area contributed by atoms with E-state index in [9.17, 15) is 4.79 Å². The number of aromatic nitrogens is 3. The quantitative estimate of drug-likeness (QED) is 0.660. The molecule has 7 heteroatoms. The molecule has 1 aromatic carbocycles. The molecular formula is C18H20N4O2S. The van der Waals surface area contributed by atoms with Gasteiger partial charge in [0.25, 0.3) is 5.91 Å². The smallest absolute Gasteiger partial charge is 0.298 e. The lowest BCUT2D eigenvalue weighted by Crippen LogP contribution is -2.17. The number of ether oxygens (including phenoxy) is 1. The number of fused-ring (bicyclic) bond motifs is 1. The van der Waals surface area contributed by atoms with E-state index in [-0.39, 0.29) is 5.91 Å². The largest absolute Gasteiger partial charge is 0.494 e. The molecule has 1 amide bonds. The van der Waals surface area contributed by atoms with Crippen molar-refractivity contribution in [1.82, 2.24) is 14.3 Å². The van der Waals surface area contributed by atoms with Crippen molar-refractivity contribution in [1.29, 1.82) is 0 Å². The van der Waals surface area contributed by atoms with Crippen molar-refractivity contribution >= 4 is 27.5 Å². The summed E-state index contributed by atoms with van der Waals surface area (Å²) in [5.41, 5.74) is 2.31. The van der Waals surface area contributed by atoms with Gasteiger partial charge >= 0.3 is 0 Å². The Hall–Kier alpha value is -2.67. The Balaban J connectivity index is 2.15. The van der Waals surface area contributed by atoms with Crippen LogP contribution in [0.25, 0.3) is 10.2 Å². The lowest BCUT2D eigenvalue weighted by molar-refractivity contribution is 0.0988. The Kier molecular flexibility index (Phi) is 4.85. The lowest BCUT2D eigenvalue weighted by Gasteiger charge is -2.04. The van der Waals surface area contributed by atoms with Gasteiger partial charge in [-0.05, 0) is 32.0 Å². The number of amides is 1. The molecule has 2 heterocycles. The number of carbonyl (C=O) groups is 1. The number of allylic oxidation sites excluding steroid dienone is 1. The molecule has 0 aliphatic rings. The van der Waals surface area contributed by atoms with Crippen molar-refractivity contribution in [3.63, 3.8) is 0 Å². The molecular weight excluding hydrogens is 336 g/mol. The van der Waals surface area contributed by atoms with Crippen LogP contribution in [0.4, 0.5) is 0 Å². The van der Waals surface area contributed by atoms with Crippen LogP contribution in [0.2, 0.25) is 0 Å². The Morgan fingerprint density at radius 1 is 1.48 bits per heavy atom. The first-order chi connectivity index (χ1) is 12.0. The third kappa shape index (κ3) is 3.28. The van der Waals surface area contributed by atoms with Crippen LogP contribution >= 0.6 is 11.3 Å². The molecule has 0 aliphatic carbocycles. The van der Waals surface area contributed by atoms with Gasteiger partial charge in [0.2, 0.25) is 0 Å². The van der Waals surface area contributed by atoms with E-state index < -0.39 is 0 Å². The summed E-state index contributed by atoms with van der Waals surface area (Å²) in [5, 5.41) is 4.11. The van der Waals surface area contributed by atoms with E-state index >= 15 is 0 Å². The first kappa shape index (κ1) is 17.2. The van der Waals surface area contributed by atoms with Gasteiger partial charge in [0.05, 0.1) is 23.0 Å². The summed E-state index contributed by atoms with van der Waals surface area (Å²) in [5.74, 6) is 0.509. The summed E-state index contributed by atoms with van der Waals surface area (Å²) >= 11 is 1.46. The molecule has 0 N–H and O–H groups in total. The number of rotatable bonds is 5. The highest BCUT2D eigenvalue weighted by Gasteiger charge is 2.15. The predicted molar refractivity (Wildman–Crippen MR) is 99.0 cm³/mol. The second-order valence-electron chi connectivity index (χ2n) is 5.56. The van der Waals surface area contributed by atoms with E-state index in [2.05, 4.69) is 16.7 Å². The maximum Gasteiger partial charge on any atom is 0.298 e. The van der Waals surface area contributed by atoms with Crippen LogP contribution in [0.15, 0.2) is 42.0 Å². The predicted octanol–water partition coefficient (Wildman–Crippen LogP) is 3.07. The highest BCUT2D eigenvalue weighted by atomic mass is 32.1. The molecule has 0 atom stereocenters. The highest BCUT2D eigenvalue weighted by Crippen LogP contribution is 2.23. The Bertz CT molecular complexity index is 990. The zero-order chi connectivity index (χ0) is 18.0. The average molecular weight is 356 g/mol. The number of hydrogen-bond acceptors (Lipinski definition) is 4. The minimum absolute atomic E-state index is 0.299. The maximum absolute atomic E-state index is 12.6. The van der Waals surface area contributed by atoms with Crippen LogP contribution in [0.1, 0.15) is 23.0 Å². The van der Waals surface area contributed by atoms with Crippen molar-refractivity contribution in [3.8, 4) is 5.75 Å². The standard InChI is InChI=1S/C18H20N4O2S/c1-5-9-22-14-8-7-13(24-6-2)10-15(14)25-18(22)20-17(23)16-12(3)11-19-21(16)4/h5,7-8,10-11H,1,6,9H2,2-4H3. The summed E-state index contributed by atoms with van der Waals surface area (Å²) in [7, 11) is 1.74. The minimum Gasteiger partial charge on any atom is -0.494 e. The number of benzene rings is 1. The van der Waals surface area contributed by atoms with Crippen molar-refractivity contribution in [2.45, 2.75) is 20.4 Å². The van der Waals surface area contributed by atoms with Crippen molar-refractivity contribution in [2.24, 2.45) is 12.0 Å². The molecule has 25 heavy (non-hydrogen) atoms. The van der Waals surface area contributed by atoms with Gasteiger partial charge in [-0.2, -0.15) is 10.1 Å². The summed E-state index contributed by atoms with van der Waals surface area (Å²) < 4.78 is 10.1. The van der Waals surface area contributed by atoms with Gasteiger partial charge in [-0.1, -0.05) is 17.4 Å². The third-order valence-corrected chi connectivity index (χ3v) is 4.84. The Morgan fingerprint density at radius 2 is 2.28 bits per heavy atom. The van der Waals surface area contributed by atoms with E-state index in [1.807, 2.05) is 36.6 Å². The fraction of sp³-hybridized carbons (Fsp3) is 0.278. The number of thiazole rings is 1. The fourth-order valence-electron chi connectivity index (χ4n) is 2.70. The zero-order valence-electron chi connectivity index (χ0n) is 14.5. The topological polar surface area (TPSA) is 61.4 Å². The van der Waals surface area contributed by atoms with Gasteiger partial charge in [-0.15, -0.1) is 6.58 Å². The van der Waals surface area contributed by atoms with Crippen LogP contribution in [0.5, 0.6) is 5.75 Å². The van der Waals surface area contributed by atoms with Crippen molar-refractivity contribution < 1.29 is 9.53 Å². The van der Waals surface area contributed by atoms with Gasteiger partial charge in [-0.3, -0.25) is 9.48 Å². The van der Waals surface area contributed by atoms with E-state index in [4.69, 9.17) is 4.74 Å². The first-order valence-electron chi connectivity index (χ1n) is 8.00. The Morgan fingerprint density at radius 3 is 2.92 bits per heavy atom. The molecule has 0 saturated heterocycles. The van der Waals surface area contributed by atoms with Gasteiger partial charge in [-0.25, -0.2) is 0 Å². The summed E-state index contributed by atoms with van der Waals surface area (Å²) in [6, 6.07) is 5.88. The zero-order valence-corrected chi connectivity index (χ0v) is 15.3. The van der Waals surface area contributed by atoms with Crippen LogP contribution in [-0.2, 0) is 13.6 Å². The molecule has 6 nitrogen and oxygen atoms in total. The maximum atomic E-state index is 12.6. The first-order valence-corrected chi connectivity index (χ1v) is 8.81. The van der Waals surface area contributed by atoms with E-state index in [0.29, 0.717) is 23.6 Å². The van der Waals surface area contributed by atoms with E-state index in [0.717, 1.165) is 21.5 Å². The second-order valence-corrected chi connectivity index (χ2v) is 6.57. The molecule has 3 aromatic rings. The van der Waals surface area contributed by atoms with Gasteiger partial charge in [0, 0.05) is 19.2 Å². The number of nitrogens with zero attached hydrogens (tertiary/aromatic N) is 4. The normalized spacial score (nSPS) is 11.9. The highest BCUT2D eigenvalue weighted by molar-refractivity contribution is 7.16. The van der Waals surface area contributed by atoms with E-state index in [1.54, 1.807) is 24.0 Å². The number of aryl methyl sites for hydroxylation is 2. The number of carbonyl (C=O) groups excluding carboxylic acids is 1. The molecule has 2 aromatic heterocycles. The molecule has 0 saturated carbocycles. The van der Waals surface area contributed by atoms with Crippen molar-refractivity contribution in [2.75, 3.05) is 6.61 Å². The average Bonchev–Trinajstić information content (AvgIpc) is 3.08. The van der Waals surface area contributed by atoms with Gasteiger partial charge < -0.3 is 9.30 Å². The summed E-state index contributed by atoms with van der Waals surface area (Å²) in [6.45, 7) is 8.79. The summed E-state index contributed by atoms with van der Waals surface area (Å²) in [4.78, 5) is 17.6. The van der Waals surface area contributed by atoms with Crippen molar-refractivity contribution in [3.05, 3.63) is 53.1 Å². The van der Waals surface area contributed by atoms with Crippen LogP contribution in [-0.4, -0.2) is 26.9 Å². The van der Waals surface area contributed by atoms with Gasteiger partial charge in [0.15, 0.2) is 4.80 Å². The lowest BCUT2D eigenvalue weighted by atomic mass is 10.3. The SMILES string of the molecule is C=CCn1c(=NC(=O)c2c(C)cnn2C)sc2cc(OCC)ccc21. The fourth-order valence-corrected chi connectivity index (χ4v) is 3.76. The molecule has 3 rings (SSSR count).